The van der Waals surface area contributed by atoms with Crippen molar-refractivity contribution in [2.75, 3.05) is 31.8 Å². The average molecular weight is 754 g/mol. The number of ether oxygens (including phenoxy) is 4. The summed E-state index contributed by atoms with van der Waals surface area (Å²) in [6, 6.07) is 0. The van der Waals surface area contributed by atoms with Crippen LogP contribution in [0.1, 0.15) is 12.5 Å². The van der Waals surface area contributed by atoms with Crippen LogP contribution in [0.2, 0.25) is 0 Å². The summed E-state index contributed by atoms with van der Waals surface area (Å²) in [5.41, 5.74) is 10.2. The molecular formula is C22H23F3N10O13P2. The van der Waals surface area contributed by atoms with Gasteiger partial charge in [0.1, 0.15) is 43.1 Å². The first-order chi connectivity index (χ1) is 23.5. The van der Waals surface area contributed by atoms with E-state index in [1.165, 1.54) is 18.0 Å². The number of nitrogen functional groups attached to an aromatic ring is 2. The van der Waals surface area contributed by atoms with Crippen LogP contribution in [0.15, 0.2) is 35.3 Å². The molecule has 0 aliphatic carbocycles. The first-order valence-corrected chi connectivity index (χ1v) is 16.8. The van der Waals surface area contributed by atoms with E-state index in [1.807, 2.05) is 0 Å². The van der Waals surface area contributed by atoms with E-state index in [4.69, 9.17) is 43.8 Å². The molecule has 7 N–H and O–H groups in total. The molecule has 0 saturated carbocycles. The van der Waals surface area contributed by atoms with E-state index in [0.717, 1.165) is 17.2 Å². The minimum atomic E-state index is -5.47. The fourth-order valence-corrected chi connectivity index (χ4v) is 7.28. The van der Waals surface area contributed by atoms with Gasteiger partial charge in [0, 0.05) is 7.11 Å². The number of nitrogens with one attached hydrogen (secondary N) is 1. The van der Waals surface area contributed by atoms with Crippen LogP contribution in [-0.4, -0.2) is 99.9 Å². The van der Waals surface area contributed by atoms with Gasteiger partial charge in [0.05, 0.1) is 12.9 Å². The highest BCUT2D eigenvalue weighted by Gasteiger charge is 2.54. The minimum absolute atomic E-state index is 0.0163. The number of anilines is 2. The molecule has 3 aliphatic heterocycles. The number of hydrogen-bond donors (Lipinski definition) is 5. The number of imidazole rings is 2. The molecule has 1 fully saturated rings. The first-order valence-electron chi connectivity index (χ1n) is 13.8. The van der Waals surface area contributed by atoms with Crippen LogP contribution in [0, 0.1) is 0 Å². The van der Waals surface area contributed by atoms with Crippen molar-refractivity contribution in [1.82, 2.24) is 39.0 Å². The van der Waals surface area contributed by atoms with Gasteiger partial charge in [0.25, 0.3) is 5.56 Å². The topological polar surface area (TPSA) is 308 Å². The molecule has 0 amide bonds. The number of aromatic nitrogens is 8. The molecule has 4 aromatic heterocycles. The van der Waals surface area contributed by atoms with Gasteiger partial charge in [-0.3, -0.25) is 37.0 Å². The molecule has 7 heterocycles. The summed E-state index contributed by atoms with van der Waals surface area (Å²) in [7, 11) is -9.59. The van der Waals surface area contributed by atoms with Crippen molar-refractivity contribution < 1.29 is 69.1 Å². The fraction of sp³-hybridized carbons (Fsp3) is 0.455. The molecule has 270 valence electrons. The Morgan fingerprint density at radius 1 is 1.00 bits per heavy atom. The second kappa shape index (κ2) is 12.2. The maximum absolute atomic E-state index is 13.7. The van der Waals surface area contributed by atoms with E-state index >= 15 is 0 Å². The number of methoxy groups -OCH3 is 1. The molecule has 4 aromatic rings. The van der Waals surface area contributed by atoms with Gasteiger partial charge in [0.2, 0.25) is 12.2 Å². The standard InChI is InChI=1S/C22H23F3N10O13P2/c1-41-13-12-8(45-19(13)34-5-30-9-15(26)28-4-29-16(9)34)3-43-50(39,40)48-14-11(46-22(23,24)25)7(2-42-49(37,38)47-12)44-20(14)35-6-31-10-17(35)32-21(27)33-18(10)36/h4-6,8,12-14,19-20H,2-3H2,1H3,(H,37,38)(H,39,40)(H2,26,28,29)(H3,27,32,33,36)/t8-,12?,13?,14?,19-,20-/m1/s1. The van der Waals surface area contributed by atoms with Gasteiger partial charge < -0.3 is 40.2 Å². The lowest BCUT2D eigenvalue weighted by Gasteiger charge is -2.27. The van der Waals surface area contributed by atoms with Crippen molar-refractivity contribution in [3.05, 3.63) is 40.9 Å². The second-order valence-electron chi connectivity index (χ2n) is 10.6. The van der Waals surface area contributed by atoms with E-state index in [2.05, 4.69) is 34.6 Å². The van der Waals surface area contributed by atoms with Crippen molar-refractivity contribution in [2.45, 2.75) is 43.2 Å². The fourth-order valence-electron chi connectivity index (χ4n) is 5.50. The number of nitrogens with zero attached hydrogens (tertiary/aromatic N) is 7. The molecule has 1 saturated heterocycles. The van der Waals surface area contributed by atoms with Gasteiger partial charge in [0.15, 0.2) is 46.5 Å². The minimum Gasteiger partial charge on any atom is -0.465 e. The summed E-state index contributed by atoms with van der Waals surface area (Å²) in [4.78, 5) is 56.0. The van der Waals surface area contributed by atoms with Crippen LogP contribution in [0.3, 0.4) is 0 Å². The van der Waals surface area contributed by atoms with Gasteiger partial charge >= 0.3 is 22.0 Å². The molecule has 23 nitrogen and oxygen atoms in total. The molecule has 2 bridgehead atoms. The molecule has 0 radical (unpaired) electrons. The van der Waals surface area contributed by atoms with Crippen molar-refractivity contribution in [3.63, 3.8) is 0 Å². The number of nitrogens with two attached hydrogens (primary N) is 2. The molecule has 7 rings (SSSR count). The Labute approximate surface area is 274 Å². The predicted molar refractivity (Wildman–Crippen MR) is 153 cm³/mol. The first kappa shape index (κ1) is 34.2. The maximum atomic E-state index is 13.7. The highest BCUT2D eigenvalue weighted by Crippen LogP contribution is 2.55. The number of rotatable bonds is 4. The third kappa shape index (κ3) is 6.30. The van der Waals surface area contributed by atoms with E-state index < -0.39 is 95.1 Å². The molecule has 0 spiro atoms. The maximum Gasteiger partial charge on any atom is 0.572 e. The molecular weight excluding hydrogens is 731 g/mol. The van der Waals surface area contributed by atoms with Crippen LogP contribution in [-0.2, 0) is 46.2 Å². The summed E-state index contributed by atoms with van der Waals surface area (Å²) in [5.74, 6) is -2.68. The van der Waals surface area contributed by atoms with Crippen molar-refractivity contribution >= 4 is 49.7 Å². The summed E-state index contributed by atoms with van der Waals surface area (Å²) < 4.78 is 112. The number of phosphoric acid groups is 2. The van der Waals surface area contributed by atoms with Crippen molar-refractivity contribution in [1.29, 1.82) is 0 Å². The highest BCUT2D eigenvalue weighted by atomic mass is 31.2. The number of H-pyrrole nitrogens is 1. The second-order valence-corrected chi connectivity index (χ2v) is 13.4. The van der Waals surface area contributed by atoms with Gasteiger partial charge in [-0.15, -0.1) is 13.2 Å². The number of halogens is 3. The zero-order valence-electron chi connectivity index (χ0n) is 24.8. The zero-order chi connectivity index (χ0) is 35.7. The van der Waals surface area contributed by atoms with Crippen LogP contribution < -0.4 is 17.0 Å². The third-order valence-electron chi connectivity index (χ3n) is 7.49. The smallest absolute Gasteiger partial charge is 0.465 e. The van der Waals surface area contributed by atoms with Gasteiger partial charge in [-0.25, -0.2) is 29.1 Å². The molecule has 5 unspecified atom stereocenters. The van der Waals surface area contributed by atoms with E-state index in [-0.39, 0.29) is 28.1 Å². The lowest BCUT2D eigenvalue weighted by Crippen LogP contribution is -2.37. The van der Waals surface area contributed by atoms with Gasteiger partial charge in [-0.1, -0.05) is 0 Å². The lowest BCUT2D eigenvalue weighted by molar-refractivity contribution is -0.310. The highest BCUT2D eigenvalue weighted by molar-refractivity contribution is 7.47. The van der Waals surface area contributed by atoms with Crippen LogP contribution in [0.4, 0.5) is 24.9 Å². The molecule has 8 atom stereocenters. The summed E-state index contributed by atoms with van der Waals surface area (Å²) in [6.45, 7) is -2.22. The van der Waals surface area contributed by atoms with Crippen molar-refractivity contribution in [2.24, 2.45) is 0 Å². The normalized spacial score (nSPS) is 32.4. The Morgan fingerprint density at radius 3 is 2.42 bits per heavy atom. The number of alkyl halides is 3. The van der Waals surface area contributed by atoms with Crippen LogP contribution in [0.5, 0.6) is 0 Å². The Bertz CT molecular complexity index is 2160. The van der Waals surface area contributed by atoms with Crippen molar-refractivity contribution in [3.8, 4) is 0 Å². The summed E-state index contributed by atoms with van der Waals surface area (Å²) >= 11 is 0. The average Bonchev–Trinajstić information content (AvgIpc) is 3.78. The van der Waals surface area contributed by atoms with Crippen LogP contribution >= 0.6 is 15.6 Å². The zero-order valence-corrected chi connectivity index (χ0v) is 26.6. The van der Waals surface area contributed by atoms with E-state index in [0.29, 0.717) is 0 Å². The lowest BCUT2D eigenvalue weighted by atomic mass is 10.1. The molecule has 0 aromatic carbocycles. The quantitative estimate of drug-likeness (QED) is 0.175. The predicted octanol–water partition coefficient (Wildman–Crippen LogP) is 0.331. The molecule has 3 aliphatic rings. The largest absolute Gasteiger partial charge is 0.572 e. The summed E-state index contributed by atoms with van der Waals surface area (Å²) in [6.07, 6.45) is -12.2. The Hall–Kier alpha value is -4.23. The number of aromatic amines is 1. The molecule has 28 heteroatoms. The SMILES string of the molecule is COC1C2OP(=O)(O)OCC3=C(OC(F)(F)F)C(OP(=O)(O)OC[C@H]2O[C@H]1n1cnc2c(N)ncnc21)[C@H](n1cnc2c(=O)[nH]c(N)nc21)O3. The Morgan fingerprint density at radius 2 is 1.70 bits per heavy atom. The number of fused-ring (bicyclic) bond motifs is 4. The Balaban J connectivity index is 1.27. The number of hydrogen-bond acceptors (Lipinski definition) is 18. The third-order valence-corrected chi connectivity index (χ3v) is 9.42. The van der Waals surface area contributed by atoms with E-state index in [1.54, 1.807) is 0 Å². The Kier molecular flexibility index (Phi) is 8.37. The van der Waals surface area contributed by atoms with Gasteiger partial charge in [-0.2, -0.15) is 4.98 Å². The molecule has 50 heavy (non-hydrogen) atoms. The van der Waals surface area contributed by atoms with Crippen LogP contribution in [0.25, 0.3) is 22.3 Å². The number of phosphoric ester groups is 2. The monoisotopic (exact) mass is 754 g/mol. The van der Waals surface area contributed by atoms with E-state index in [9.17, 15) is 36.9 Å². The summed E-state index contributed by atoms with van der Waals surface area (Å²) in [5, 5.41) is 0. The van der Waals surface area contributed by atoms with Gasteiger partial charge in [-0.05, 0) is 0 Å².